The lowest BCUT2D eigenvalue weighted by atomic mass is 10.3. The molecule has 13 heavy (non-hydrogen) atoms. The van der Waals surface area contributed by atoms with Crippen molar-refractivity contribution in [3.05, 3.63) is 28.6 Å². The molecule has 70 valence electrons. The monoisotopic (exact) mass is 199 g/mol. The van der Waals surface area contributed by atoms with E-state index in [1.807, 2.05) is 6.92 Å². The van der Waals surface area contributed by atoms with E-state index in [4.69, 9.17) is 14.6 Å². The molecule has 2 rings (SSSR count). The van der Waals surface area contributed by atoms with Crippen molar-refractivity contribution < 1.29 is 14.6 Å². The molecular formula is C8H9NO3S. The zero-order chi connectivity index (χ0) is 9.31. The highest BCUT2D eigenvalue weighted by molar-refractivity contribution is 7.11. The number of aliphatic hydroxyl groups excluding tert-OH is 1. The standard InChI is InChI=1S/C8H9NO3S/c1-8(11-2-3-12-8)6-4-9-7(5-10)13-6/h2-4,10H,5H2,1H3. The Morgan fingerprint density at radius 3 is 2.77 bits per heavy atom. The molecule has 0 saturated heterocycles. The molecular weight excluding hydrogens is 190 g/mol. The molecule has 0 unspecified atom stereocenters. The second-order valence-corrected chi connectivity index (χ2v) is 3.85. The summed E-state index contributed by atoms with van der Waals surface area (Å²) in [6.07, 6.45) is 4.65. The Balaban J connectivity index is 2.24. The Hall–Kier alpha value is -1.07. The van der Waals surface area contributed by atoms with Crippen molar-refractivity contribution in [1.29, 1.82) is 0 Å². The lowest BCUT2D eigenvalue weighted by molar-refractivity contribution is -0.130. The van der Waals surface area contributed by atoms with Crippen molar-refractivity contribution in [3.63, 3.8) is 0 Å². The second kappa shape index (κ2) is 3.01. The predicted octanol–water partition coefficient (Wildman–Crippen LogP) is 1.33. The molecule has 2 heterocycles. The van der Waals surface area contributed by atoms with Crippen LogP contribution in [0.25, 0.3) is 0 Å². The zero-order valence-electron chi connectivity index (χ0n) is 7.06. The molecule has 1 aliphatic rings. The zero-order valence-corrected chi connectivity index (χ0v) is 7.87. The van der Waals surface area contributed by atoms with Crippen LogP contribution in [0.3, 0.4) is 0 Å². The molecule has 0 radical (unpaired) electrons. The molecule has 0 aliphatic carbocycles. The molecule has 1 aliphatic heterocycles. The van der Waals surface area contributed by atoms with Crippen molar-refractivity contribution in [2.45, 2.75) is 19.3 Å². The third kappa shape index (κ3) is 1.40. The molecule has 0 aromatic carbocycles. The summed E-state index contributed by atoms with van der Waals surface area (Å²) in [5, 5.41) is 9.49. The van der Waals surface area contributed by atoms with E-state index in [0.29, 0.717) is 5.01 Å². The van der Waals surface area contributed by atoms with Gasteiger partial charge in [-0.05, 0) is 0 Å². The number of aromatic nitrogens is 1. The fraction of sp³-hybridized carbons (Fsp3) is 0.375. The number of hydrogen-bond acceptors (Lipinski definition) is 5. The smallest absolute Gasteiger partial charge is 0.284 e. The van der Waals surface area contributed by atoms with Crippen LogP contribution in [0.5, 0.6) is 0 Å². The number of nitrogens with zero attached hydrogens (tertiary/aromatic N) is 1. The van der Waals surface area contributed by atoms with Gasteiger partial charge >= 0.3 is 0 Å². The first-order valence-electron chi connectivity index (χ1n) is 3.81. The Kier molecular flexibility index (Phi) is 1.97. The maximum absolute atomic E-state index is 8.83. The summed E-state index contributed by atoms with van der Waals surface area (Å²) >= 11 is 1.38. The minimum atomic E-state index is -0.759. The molecule has 1 aromatic rings. The van der Waals surface area contributed by atoms with E-state index < -0.39 is 5.79 Å². The van der Waals surface area contributed by atoms with Crippen LogP contribution in [-0.4, -0.2) is 10.1 Å². The first kappa shape index (κ1) is 8.52. The molecule has 0 saturated carbocycles. The molecule has 1 N–H and O–H groups in total. The lowest BCUT2D eigenvalue weighted by Crippen LogP contribution is -2.20. The molecule has 0 fully saturated rings. The Labute approximate surface area is 79.4 Å². The quantitative estimate of drug-likeness (QED) is 0.780. The minimum absolute atomic E-state index is 0.0474. The Morgan fingerprint density at radius 2 is 2.23 bits per heavy atom. The fourth-order valence-corrected chi connectivity index (χ4v) is 1.86. The third-order valence-corrected chi connectivity index (χ3v) is 2.94. The van der Waals surface area contributed by atoms with Crippen LogP contribution in [0, 0.1) is 0 Å². The van der Waals surface area contributed by atoms with Gasteiger partial charge in [0.1, 0.15) is 22.4 Å². The predicted molar refractivity (Wildman–Crippen MR) is 46.7 cm³/mol. The highest BCUT2D eigenvalue weighted by Gasteiger charge is 2.34. The summed E-state index contributed by atoms with van der Waals surface area (Å²) in [4.78, 5) is 4.85. The van der Waals surface area contributed by atoms with Crippen molar-refractivity contribution in [2.24, 2.45) is 0 Å². The maximum Gasteiger partial charge on any atom is 0.284 e. The summed E-state index contributed by atoms with van der Waals surface area (Å²) in [5.41, 5.74) is 0. The summed E-state index contributed by atoms with van der Waals surface area (Å²) in [6, 6.07) is 0. The summed E-state index contributed by atoms with van der Waals surface area (Å²) in [5.74, 6) is -0.759. The van der Waals surface area contributed by atoms with Gasteiger partial charge < -0.3 is 14.6 Å². The summed E-state index contributed by atoms with van der Waals surface area (Å²) < 4.78 is 10.5. The van der Waals surface area contributed by atoms with Crippen molar-refractivity contribution in [2.75, 3.05) is 0 Å². The average molecular weight is 199 g/mol. The fourth-order valence-electron chi connectivity index (χ4n) is 1.05. The second-order valence-electron chi connectivity index (χ2n) is 2.73. The molecule has 0 spiro atoms. The van der Waals surface area contributed by atoms with E-state index in [-0.39, 0.29) is 6.61 Å². The number of hydrogen-bond donors (Lipinski definition) is 1. The first-order chi connectivity index (χ1) is 6.24. The normalized spacial score (nSPS) is 18.3. The maximum atomic E-state index is 8.83. The highest BCUT2D eigenvalue weighted by Crippen LogP contribution is 2.34. The molecule has 0 amide bonds. The van der Waals surface area contributed by atoms with Crippen LogP contribution in [0.15, 0.2) is 18.7 Å². The van der Waals surface area contributed by atoms with Gasteiger partial charge in [-0.15, -0.1) is 11.3 Å². The molecule has 0 atom stereocenters. The van der Waals surface area contributed by atoms with Gasteiger partial charge in [0.2, 0.25) is 0 Å². The third-order valence-electron chi connectivity index (χ3n) is 1.78. The van der Waals surface area contributed by atoms with Gasteiger partial charge in [-0.3, -0.25) is 0 Å². The first-order valence-corrected chi connectivity index (χ1v) is 4.63. The lowest BCUT2D eigenvalue weighted by Gasteiger charge is -2.20. The van der Waals surface area contributed by atoms with Crippen LogP contribution in [0.4, 0.5) is 0 Å². The van der Waals surface area contributed by atoms with Crippen LogP contribution in [0.2, 0.25) is 0 Å². The van der Waals surface area contributed by atoms with E-state index in [9.17, 15) is 0 Å². The number of rotatable bonds is 2. The minimum Gasteiger partial charge on any atom is -0.452 e. The Morgan fingerprint density at radius 1 is 1.54 bits per heavy atom. The van der Waals surface area contributed by atoms with Crippen LogP contribution < -0.4 is 0 Å². The number of thiazole rings is 1. The van der Waals surface area contributed by atoms with E-state index in [1.165, 1.54) is 23.9 Å². The van der Waals surface area contributed by atoms with Gasteiger partial charge in [-0.2, -0.15) is 0 Å². The van der Waals surface area contributed by atoms with Gasteiger partial charge in [0.15, 0.2) is 0 Å². The molecule has 4 nitrogen and oxygen atoms in total. The van der Waals surface area contributed by atoms with Crippen molar-refractivity contribution in [1.82, 2.24) is 4.98 Å². The van der Waals surface area contributed by atoms with E-state index in [2.05, 4.69) is 4.98 Å². The number of aliphatic hydroxyl groups is 1. The highest BCUT2D eigenvalue weighted by atomic mass is 32.1. The van der Waals surface area contributed by atoms with Gasteiger partial charge in [-0.1, -0.05) is 0 Å². The Bertz CT molecular complexity index is 326. The van der Waals surface area contributed by atoms with Crippen molar-refractivity contribution in [3.8, 4) is 0 Å². The van der Waals surface area contributed by atoms with Crippen LogP contribution >= 0.6 is 11.3 Å². The topological polar surface area (TPSA) is 51.6 Å². The number of ether oxygens (including phenoxy) is 2. The van der Waals surface area contributed by atoms with E-state index in [0.717, 1.165) is 4.88 Å². The van der Waals surface area contributed by atoms with E-state index in [1.54, 1.807) is 6.20 Å². The summed E-state index contributed by atoms with van der Waals surface area (Å²) in [6.45, 7) is 1.76. The van der Waals surface area contributed by atoms with Gasteiger partial charge in [0, 0.05) is 13.1 Å². The van der Waals surface area contributed by atoms with E-state index >= 15 is 0 Å². The van der Waals surface area contributed by atoms with Gasteiger partial charge in [0.05, 0.1) is 6.61 Å². The SMILES string of the molecule is CC1(c2cnc(CO)s2)OC=CO1. The molecule has 1 aromatic heterocycles. The molecule has 5 heteroatoms. The largest absolute Gasteiger partial charge is 0.452 e. The summed E-state index contributed by atoms with van der Waals surface area (Å²) in [7, 11) is 0. The van der Waals surface area contributed by atoms with Crippen LogP contribution in [-0.2, 0) is 21.9 Å². The van der Waals surface area contributed by atoms with Gasteiger partial charge in [-0.25, -0.2) is 4.98 Å². The van der Waals surface area contributed by atoms with Gasteiger partial charge in [0.25, 0.3) is 5.79 Å². The van der Waals surface area contributed by atoms with Crippen molar-refractivity contribution >= 4 is 11.3 Å². The molecule has 0 bridgehead atoms. The average Bonchev–Trinajstić information content (AvgIpc) is 2.72. The van der Waals surface area contributed by atoms with Crippen LogP contribution in [0.1, 0.15) is 16.8 Å².